The molecular formula is C36H40N2O2Si. The van der Waals surface area contributed by atoms with Crippen LogP contribution in [0.2, 0.25) is 5.04 Å². The van der Waals surface area contributed by atoms with Gasteiger partial charge in [-0.3, -0.25) is 4.79 Å². The maximum Gasteiger partial charge on any atom is 0.273 e. The second-order valence-electron chi connectivity index (χ2n) is 12.8. The molecule has 1 amide bonds. The Morgan fingerprint density at radius 2 is 1.41 bits per heavy atom. The van der Waals surface area contributed by atoms with Crippen LogP contribution in [0, 0.1) is 18.8 Å². The maximum absolute atomic E-state index is 14.4. The Bertz CT molecular complexity index is 1460. The Balaban J connectivity index is 1.37. The summed E-state index contributed by atoms with van der Waals surface area (Å²) < 4.78 is 7.35. The number of hydrogen-bond acceptors (Lipinski definition) is 3. The molecule has 0 N–H and O–H groups in total. The van der Waals surface area contributed by atoms with E-state index in [1.807, 2.05) is 37.3 Å². The molecule has 210 valence electrons. The lowest BCUT2D eigenvalue weighted by molar-refractivity contribution is 0.0498. The first-order valence-corrected chi connectivity index (χ1v) is 16.8. The first kappa shape index (κ1) is 27.6. The van der Waals surface area contributed by atoms with Gasteiger partial charge in [-0.25, -0.2) is 4.98 Å². The van der Waals surface area contributed by atoms with E-state index in [1.165, 1.54) is 16.8 Å². The van der Waals surface area contributed by atoms with E-state index < -0.39 is 8.32 Å². The van der Waals surface area contributed by atoms with E-state index in [9.17, 15) is 4.79 Å². The monoisotopic (exact) mass is 560 g/mol. The molecule has 6 rings (SSSR count). The number of rotatable bonds is 7. The maximum atomic E-state index is 14.4. The van der Waals surface area contributed by atoms with Crippen molar-refractivity contribution in [3.63, 3.8) is 0 Å². The van der Waals surface area contributed by atoms with Gasteiger partial charge in [0.25, 0.3) is 14.2 Å². The van der Waals surface area contributed by atoms with Gasteiger partial charge in [0.05, 0.1) is 12.6 Å². The summed E-state index contributed by atoms with van der Waals surface area (Å²) in [4.78, 5) is 21.3. The van der Waals surface area contributed by atoms with Crippen LogP contribution in [-0.2, 0) is 4.43 Å². The highest BCUT2D eigenvalue weighted by Gasteiger charge is 2.52. The van der Waals surface area contributed by atoms with Crippen molar-refractivity contribution in [2.45, 2.75) is 51.6 Å². The Kier molecular flexibility index (Phi) is 7.43. The Morgan fingerprint density at radius 1 is 0.829 bits per heavy atom. The molecule has 4 nitrogen and oxygen atoms in total. The number of aryl methyl sites for hydroxylation is 1. The molecule has 3 aromatic carbocycles. The molecule has 0 spiro atoms. The summed E-state index contributed by atoms with van der Waals surface area (Å²) in [5, 5.41) is 2.42. The molecule has 1 aliphatic heterocycles. The summed E-state index contributed by atoms with van der Waals surface area (Å²) in [7, 11) is -2.71. The van der Waals surface area contributed by atoms with Gasteiger partial charge < -0.3 is 9.33 Å². The molecular weight excluding hydrogens is 520 g/mol. The summed E-state index contributed by atoms with van der Waals surface area (Å²) >= 11 is 0. The van der Waals surface area contributed by atoms with E-state index in [2.05, 4.69) is 98.5 Å². The summed E-state index contributed by atoms with van der Waals surface area (Å²) in [5.41, 5.74) is 3.32. The first-order valence-electron chi connectivity index (χ1n) is 14.9. The molecule has 0 bridgehead atoms. The normalized spacial score (nSPS) is 20.4. The molecule has 4 aromatic rings. The average Bonchev–Trinajstić information content (AvgIpc) is 3.76. The second-order valence-corrected chi connectivity index (χ2v) is 17.1. The highest BCUT2D eigenvalue weighted by molar-refractivity contribution is 6.99. The zero-order valence-electron chi connectivity index (χ0n) is 24.6. The third kappa shape index (κ3) is 5.29. The number of amides is 1. The molecule has 0 radical (unpaired) electrons. The molecule has 5 heteroatoms. The number of piperidine rings is 1. The number of hydrogen-bond donors (Lipinski definition) is 0. The first-order chi connectivity index (χ1) is 19.8. The van der Waals surface area contributed by atoms with Crippen LogP contribution in [0.4, 0.5) is 0 Å². The van der Waals surface area contributed by atoms with Crippen LogP contribution in [0.1, 0.15) is 49.8 Å². The van der Waals surface area contributed by atoms with Crippen LogP contribution in [0.5, 0.6) is 0 Å². The minimum Gasteiger partial charge on any atom is -0.405 e. The van der Waals surface area contributed by atoms with Crippen molar-refractivity contribution in [2.75, 3.05) is 13.2 Å². The Labute approximate surface area is 245 Å². The van der Waals surface area contributed by atoms with Crippen molar-refractivity contribution in [3.05, 3.63) is 115 Å². The average molecular weight is 561 g/mol. The Hall–Kier alpha value is -3.54. The van der Waals surface area contributed by atoms with Gasteiger partial charge in [-0.15, -0.1) is 0 Å². The van der Waals surface area contributed by atoms with Crippen LogP contribution < -0.4 is 10.4 Å². The van der Waals surface area contributed by atoms with E-state index in [0.29, 0.717) is 24.1 Å². The fraction of sp³-hybridized carbons (Fsp3) is 0.333. The third-order valence-electron chi connectivity index (χ3n) is 9.01. The summed E-state index contributed by atoms with van der Waals surface area (Å²) in [6.45, 7) is 10.2. The number of aromatic nitrogens is 1. The fourth-order valence-corrected chi connectivity index (χ4v) is 11.4. The van der Waals surface area contributed by atoms with Gasteiger partial charge in [-0.1, -0.05) is 118 Å². The standard InChI is InChI=1S/C36H40N2O2Si/c1-26-20-21-33(27-14-8-5-9-15-27)34(37-26)35(39)38-24-29-22-28(29)23-30(38)25-40-41(36(2,3)4,31-16-10-6-11-17-31)32-18-12-7-13-19-32/h5-21,28-30H,22-25H2,1-4H3/t28-,29+,30+/m1/s1. The van der Waals surface area contributed by atoms with Crippen molar-refractivity contribution in [2.24, 2.45) is 11.8 Å². The van der Waals surface area contributed by atoms with Gasteiger partial charge >= 0.3 is 0 Å². The van der Waals surface area contributed by atoms with Gasteiger partial charge in [0.15, 0.2) is 0 Å². The lowest BCUT2D eigenvalue weighted by Crippen LogP contribution is -2.67. The van der Waals surface area contributed by atoms with Crippen molar-refractivity contribution in [1.29, 1.82) is 0 Å². The number of pyridine rings is 1. The molecule has 0 unspecified atom stereocenters. The molecule has 41 heavy (non-hydrogen) atoms. The number of benzene rings is 3. The van der Waals surface area contributed by atoms with Crippen LogP contribution in [0.3, 0.4) is 0 Å². The van der Waals surface area contributed by atoms with Crippen molar-refractivity contribution in [1.82, 2.24) is 9.88 Å². The van der Waals surface area contributed by atoms with Crippen molar-refractivity contribution < 1.29 is 9.22 Å². The summed E-state index contributed by atoms with van der Waals surface area (Å²) in [6.07, 6.45) is 2.19. The molecule has 1 aliphatic carbocycles. The fourth-order valence-electron chi connectivity index (χ4n) is 6.80. The van der Waals surface area contributed by atoms with Crippen LogP contribution in [-0.4, -0.2) is 43.3 Å². The lowest BCUT2D eigenvalue weighted by atomic mass is 9.99. The smallest absolute Gasteiger partial charge is 0.273 e. The third-order valence-corrected chi connectivity index (χ3v) is 14.0. The van der Waals surface area contributed by atoms with Crippen molar-refractivity contribution >= 4 is 24.6 Å². The van der Waals surface area contributed by atoms with Gasteiger partial charge in [-0.2, -0.15) is 0 Å². The van der Waals surface area contributed by atoms with E-state index in [4.69, 9.17) is 9.41 Å². The van der Waals surface area contributed by atoms with E-state index >= 15 is 0 Å². The van der Waals surface area contributed by atoms with Gasteiger partial charge in [0.2, 0.25) is 0 Å². The molecule has 2 fully saturated rings. The predicted octanol–water partition coefficient (Wildman–Crippen LogP) is 6.48. The quantitative estimate of drug-likeness (QED) is 0.243. The number of carbonyl (C=O) groups excluding carboxylic acids is 1. The minimum absolute atomic E-state index is 0.0128. The molecule has 2 aliphatic rings. The number of carbonyl (C=O) groups is 1. The van der Waals surface area contributed by atoms with E-state index in [-0.39, 0.29) is 17.0 Å². The topological polar surface area (TPSA) is 42.4 Å². The molecule has 1 aromatic heterocycles. The van der Waals surface area contributed by atoms with Crippen LogP contribution >= 0.6 is 0 Å². The Morgan fingerprint density at radius 3 is 2.00 bits per heavy atom. The summed E-state index contributed by atoms with van der Waals surface area (Å²) in [5.74, 6) is 1.30. The zero-order chi connectivity index (χ0) is 28.6. The largest absolute Gasteiger partial charge is 0.405 e. The van der Waals surface area contributed by atoms with Crippen LogP contribution in [0.15, 0.2) is 103 Å². The van der Waals surface area contributed by atoms with Crippen LogP contribution in [0.25, 0.3) is 11.1 Å². The van der Waals surface area contributed by atoms with Gasteiger partial charge in [0, 0.05) is 17.8 Å². The van der Waals surface area contributed by atoms with Crippen molar-refractivity contribution in [3.8, 4) is 11.1 Å². The van der Waals surface area contributed by atoms with Gasteiger partial charge in [0.1, 0.15) is 5.69 Å². The molecule has 1 saturated heterocycles. The number of fused-ring (bicyclic) bond motifs is 1. The second kappa shape index (κ2) is 11.0. The zero-order valence-corrected chi connectivity index (χ0v) is 25.6. The highest BCUT2D eigenvalue weighted by Crippen LogP contribution is 2.48. The van der Waals surface area contributed by atoms with E-state index in [0.717, 1.165) is 29.8 Å². The van der Waals surface area contributed by atoms with Gasteiger partial charge in [-0.05, 0) is 58.6 Å². The molecule has 1 saturated carbocycles. The molecule has 3 atom stereocenters. The minimum atomic E-state index is -2.71. The number of likely N-dealkylation sites (tertiary alicyclic amines) is 1. The summed E-state index contributed by atoms with van der Waals surface area (Å²) in [6, 6.07) is 35.7. The SMILES string of the molecule is Cc1ccc(-c2ccccc2)c(C(=O)N2C[C@@H]3C[C@@H]3C[C@H]2CO[Si](c2ccccc2)(c2ccccc2)C(C)(C)C)n1. The predicted molar refractivity (Wildman–Crippen MR) is 169 cm³/mol. The number of nitrogens with zero attached hydrogens (tertiary/aromatic N) is 2. The van der Waals surface area contributed by atoms with E-state index in [1.54, 1.807) is 0 Å². The lowest BCUT2D eigenvalue weighted by Gasteiger charge is -2.45. The molecule has 2 heterocycles. The highest BCUT2D eigenvalue weighted by atomic mass is 28.4.